The largest absolute Gasteiger partial charge is 0.484 e. The SMILES string of the molecule is C[C@@H]1CN(c2ccccc2)C(=O)CN1C(=O)COc1ccc2c(c1)OCO2. The van der Waals surface area contributed by atoms with Crippen LogP contribution in [0.2, 0.25) is 0 Å². The molecule has 7 nitrogen and oxygen atoms in total. The highest BCUT2D eigenvalue weighted by atomic mass is 16.7. The summed E-state index contributed by atoms with van der Waals surface area (Å²) in [6.07, 6.45) is 0. The molecule has 4 rings (SSSR count). The maximum absolute atomic E-state index is 12.6. The fourth-order valence-corrected chi connectivity index (χ4v) is 3.24. The standard InChI is InChI=1S/C20H20N2O5/c1-14-10-22(15-5-3-2-4-6-15)19(23)11-21(14)20(24)12-25-16-7-8-17-18(9-16)27-13-26-17/h2-9,14H,10-13H2,1H3/t14-/m1/s1. The Labute approximate surface area is 157 Å². The lowest BCUT2D eigenvalue weighted by atomic mass is 10.1. The first-order chi connectivity index (χ1) is 13.1. The van der Waals surface area contributed by atoms with E-state index in [0.29, 0.717) is 23.8 Å². The molecule has 27 heavy (non-hydrogen) atoms. The lowest BCUT2D eigenvalue weighted by molar-refractivity contribution is -0.141. The van der Waals surface area contributed by atoms with Crippen molar-refractivity contribution >= 4 is 17.5 Å². The van der Waals surface area contributed by atoms with E-state index in [2.05, 4.69) is 0 Å². The molecule has 0 aliphatic carbocycles. The zero-order chi connectivity index (χ0) is 18.8. The van der Waals surface area contributed by atoms with Crippen molar-refractivity contribution in [2.24, 2.45) is 0 Å². The number of amides is 2. The highest BCUT2D eigenvalue weighted by Gasteiger charge is 2.33. The first-order valence-electron chi connectivity index (χ1n) is 8.79. The quantitative estimate of drug-likeness (QED) is 0.826. The zero-order valence-electron chi connectivity index (χ0n) is 15.0. The number of carbonyl (C=O) groups excluding carboxylic acids is 2. The van der Waals surface area contributed by atoms with Gasteiger partial charge in [0.15, 0.2) is 18.1 Å². The van der Waals surface area contributed by atoms with Crippen LogP contribution in [0, 0.1) is 0 Å². The Kier molecular flexibility index (Phi) is 4.58. The molecule has 0 spiro atoms. The predicted octanol–water partition coefficient (Wildman–Crippen LogP) is 2.06. The minimum atomic E-state index is -0.221. The van der Waals surface area contributed by atoms with Crippen LogP contribution in [0.15, 0.2) is 48.5 Å². The van der Waals surface area contributed by atoms with Crippen molar-refractivity contribution in [3.05, 3.63) is 48.5 Å². The molecule has 0 N–H and O–H groups in total. The van der Waals surface area contributed by atoms with Crippen molar-refractivity contribution in [1.29, 1.82) is 0 Å². The van der Waals surface area contributed by atoms with Crippen LogP contribution in [0.5, 0.6) is 17.2 Å². The van der Waals surface area contributed by atoms with Gasteiger partial charge in [-0.05, 0) is 31.2 Å². The summed E-state index contributed by atoms with van der Waals surface area (Å²) in [6.45, 7) is 2.48. The van der Waals surface area contributed by atoms with E-state index in [-0.39, 0.29) is 37.8 Å². The summed E-state index contributed by atoms with van der Waals surface area (Å²) < 4.78 is 16.1. The van der Waals surface area contributed by atoms with Gasteiger partial charge in [0.05, 0.1) is 0 Å². The van der Waals surface area contributed by atoms with Crippen molar-refractivity contribution in [3.63, 3.8) is 0 Å². The van der Waals surface area contributed by atoms with Gasteiger partial charge < -0.3 is 24.0 Å². The van der Waals surface area contributed by atoms with E-state index in [1.165, 1.54) is 0 Å². The molecule has 1 atom stereocenters. The molecule has 2 heterocycles. The summed E-state index contributed by atoms with van der Waals surface area (Å²) in [4.78, 5) is 28.4. The number of carbonyl (C=O) groups is 2. The second-order valence-electron chi connectivity index (χ2n) is 6.51. The molecule has 1 fully saturated rings. The molecular formula is C20H20N2O5. The summed E-state index contributed by atoms with van der Waals surface area (Å²) in [5, 5.41) is 0. The molecule has 7 heteroatoms. The number of anilines is 1. The topological polar surface area (TPSA) is 68.3 Å². The molecule has 0 saturated carbocycles. The van der Waals surface area contributed by atoms with E-state index < -0.39 is 0 Å². The van der Waals surface area contributed by atoms with Crippen molar-refractivity contribution in [3.8, 4) is 17.2 Å². The van der Waals surface area contributed by atoms with Gasteiger partial charge >= 0.3 is 0 Å². The summed E-state index contributed by atoms with van der Waals surface area (Å²) in [6, 6.07) is 14.5. The second kappa shape index (κ2) is 7.19. The monoisotopic (exact) mass is 368 g/mol. The highest BCUT2D eigenvalue weighted by molar-refractivity contribution is 5.98. The van der Waals surface area contributed by atoms with E-state index in [9.17, 15) is 9.59 Å². The molecule has 2 aromatic carbocycles. The molecular weight excluding hydrogens is 348 g/mol. The Morgan fingerprint density at radius 3 is 2.74 bits per heavy atom. The maximum Gasteiger partial charge on any atom is 0.261 e. The molecule has 0 radical (unpaired) electrons. The number of rotatable bonds is 4. The van der Waals surface area contributed by atoms with Gasteiger partial charge in [-0.3, -0.25) is 9.59 Å². The maximum atomic E-state index is 12.6. The number of benzene rings is 2. The molecule has 2 amide bonds. The van der Waals surface area contributed by atoms with Crippen LogP contribution in [-0.2, 0) is 9.59 Å². The van der Waals surface area contributed by atoms with Crippen molar-refractivity contribution in [1.82, 2.24) is 4.90 Å². The molecule has 140 valence electrons. The number of nitrogens with zero attached hydrogens (tertiary/aromatic N) is 2. The minimum absolute atomic E-state index is 0.0411. The average molecular weight is 368 g/mol. The van der Waals surface area contributed by atoms with E-state index in [1.807, 2.05) is 37.3 Å². The van der Waals surface area contributed by atoms with Crippen molar-refractivity contribution < 1.29 is 23.8 Å². The Balaban J connectivity index is 1.37. The summed E-state index contributed by atoms with van der Waals surface area (Å²) in [7, 11) is 0. The van der Waals surface area contributed by atoms with Gasteiger partial charge in [0.1, 0.15) is 12.3 Å². The Hall–Kier alpha value is -3.22. The molecule has 2 aliphatic rings. The van der Waals surface area contributed by atoms with Crippen LogP contribution < -0.4 is 19.1 Å². The number of hydrogen-bond acceptors (Lipinski definition) is 5. The number of piperazine rings is 1. The Bertz CT molecular complexity index is 855. The van der Waals surface area contributed by atoms with Gasteiger partial charge in [0, 0.05) is 24.3 Å². The summed E-state index contributed by atoms with van der Waals surface area (Å²) in [5.74, 6) is 1.45. The first kappa shape index (κ1) is 17.2. The third-order valence-electron chi connectivity index (χ3n) is 4.68. The third kappa shape index (κ3) is 3.53. The van der Waals surface area contributed by atoms with Crippen LogP contribution in [0.1, 0.15) is 6.92 Å². The third-order valence-corrected chi connectivity index (χ3v) is 4.68. The van der Waals surface area contributed by atoms with E-state index in [4.69, 9.17) is 14.2 Å². The minimum Gasteiger partial charge on any atom is -0.484 e. The fraction of sp³-hybridized carbons (Fsp3) is 0.300. The van der Waals surface area contributed by atoms with Gasteiger partial charge in [0.2, 0.25) is 12.7 Å². The van der Waals surface area contributed by atoms with Gasteiger partial charge in [-0.25, -0.2) is 0 Å². The predicted molar refractivity (Wildman–Crippen MR) is 98.0 cm³/mol. The molecule has 0 aromatic heterocycles. The smallest absolute Gasteiger partial charge is 0.261 e. The number of fused-ring (bicyclic) bond motifs is 1. The normalized spacial score (nSPS) is 18.6. The van der Waals surface area contributed by atoms with Crippen LogP contribution in [0.4, 0.5) is 5.69 Å². The summed E-state index contributed by atoms with van der Waals surface area (Å²) >= 11 is 0. The first-order valence-corrected chi connectivity index (χ1v) is 8.79. The van der Waals surface area contributed by atoms with E-state index in [0.717, 1.165) is 5.69 Å². The van der Waals surface area contributed by atoms with Gasteiger partial charge in [-0.15, -0.1) is 0 Å². The number of ether oxygens (including phenoxy) is 3. The molecule has 2 aliphatic heterocycles. The van der Waals surface area contributed by atoms with Crippen LogP contribution in [0.3, 0.4) is 0 Å². The molecule has 2 aromatic rings. The lowest BCUT2D eigenvalue weighted by Gasteiger charge is -2.39. The van der Waals surface area contributed by atoms with E-state index >= 15 is 0 Å². The fourth-order valence-electron chi connectivity index (χ4n) is 3.24. The molecule has 0 bridgehead atoms. The molecule has 1 saturated heterocycles. The number of para-hydroxylation sites is 1. The second-order valence-corrected chi connectivity index (χ2v) is 6.51. The highest BCUT2D eigenvalue weighted by Crippen LogP contribution is 2.35. The average Bonchev–Trinajstić information content (AvgIpc) is 3.16. The van der Waals surface area contributed by atoms with Crippen LogP contribution in [0.25, 0.3) is 0 Å². The van der Waals surface area contributed by atoms with Crippen molar-refractivity contribution in [2.75, 3.05) is 31.4 Å². The van der Waals surface area contributed by atoms with Crippen molar-refractivity contribution in [2.45, 2.75) is 13.0 Å². The molecule has 0 unspecified atom stereocenters. The van der Waals surface area contributed by atoms with Crippen LogP contribution in [-0.4, -0.2) is 49.2 Å². The zero-order valence-corrected chi connectivity index (χ0v) is 15.0. The summed E-state index contributed by atoms with van der Waals surface area (Å²) in [5.41, 5.74) is 0.845. The number of hydrogen-bond donors (Lipinski definition) is 0. The van der Waals surface area contributed by atoms with E-state index in [1.54, 1.807) is 28.0 Å². The van der Waals surface area contributed by atoms with Crippen LogP contribution >= 0.6 is 0 Å². The Morgan fingerprint density at radius 2 is 1.93 bits per heavy atom. The lowest BCUT2D eigenvalue weighted by Crippen LogP contribution is -2.58. The Morgan fingerprint density at radius 1 is 1.15 bits per heavy atom. The van der Waals surface area contributed by atoms with Gasteiger partial charge in [0.25, 0.3) is 5.91 Å². The van der Waals surface area contributed by atoms with Gasteiger partial charge in [-0.1, -0.05) is 18.2 Å². The van der Waals surface area contributed by atoms with Gasteiger partial charge in [-0.2, -0.15) is 0 Å².